The second-order valence-corrected chi connectivity index (χ2v) is 4.46. The summed E-state index contributed by atoms with van der Waals surface area (Å²) >= 11 is 0. The van der Waals surface area contributed by atoms with Gasteiger partial charge in [0, 0.05) is 23.3 Å². The van der Waals surface area contributed by atoms with E-state index >= 15 is 0 Å². The third kappa shape index (κ3) is 2.24. The van der Waals surface area contributed by atoms with E-state index in [4.69, 9.17) is 5.84 Å². The minimum absolute atomic E-state index is 0.399. The fourth-order valence-electron chi connectivity index (χ4n) is 2.23. The van der Waals surface area contributed by atoms with Crippen LogP contribution in [0.1, 0.15) is 17.2 Å². The molecule has 0 saturated carbocycles. The third-order valence-electron chi connectivity index (χ3n) is 3.23. The molecule has 3 rings (SSSR count). The molecule has 0 aliphatic heterocycles. The molecule has 0 amide bonds. The summed E-state index contributed by atoms with van der Waals surface area (Å²) in [7, 11) is 0. The molecule has 0 aliphatic carbocycles. The van der Waals surface area contributed by atoms with E-state index in [9.17, 15) is 4.39 Å². The number of pyridine rings is 2. The van der Waals surface area contributed by atoms with E-state index in [1.54, 1.807) is 12.3 Å². The number of hydrogen-bond acceptors (Lipinski definition) is 4. The van der Waals surface area contributed by atoms with Gasteiger partial charge in [0.15, 0.2) is 0 Å². The fourth-order valence-corrected chi connectivity index (χ4v) is 2.23. The van der Waals surface area contributed by atoms with Crippen LogP contribution in [0.2, 0.25) is 0 Å². The topological polar surface area (TPSA) is 63.8 Å². The highest BCUT2D eigenvalue weighted by molar-refractivity contribution is 5.78. The van der Waals surface area contributed by atoms with Crippen molar-refractivity contribution in [3.63, 3.8) is 0 Å². The van der Waals surface area contributed by atoms with Gasteiger partial charge in [-0.05, 0) is 23.8 Å². The predicted octanol–water partition coefficient (Wildman–Crippen LogP) is 2.32. The molecule has 0 bridgehead atoms. The average Bonchev–Trinajstić information content (AvgIpc) is 2.50. The molecular weight excluding hydrogens is 255 g/mol. The van der Waals surface area contributed by atoms with Gasteiger partial charge < -0.3 is 0 Å². The highest BCUT2D eigenvalue weighted by Crippen LogP contribution is 2.25. The van der Waals surface area contributed by atoms with Crippen LogP contribution in [0.3, 0.4) is 0 Å². The Morgan fingerprint density at radius 3 is 2.80 bits per heavy atom. The number of rotatable bonds is 3. The molecule has 3 aromatic rings. The van der Waals surface area contributed by atoms with E-state index in [0.29, 0.717) is 5.56 Å². The molecule has 2 heterocycles. The third-order valence-corrected chi connectivity index (χ3v) is 3.23. The molecule has 0 aliphatic rings. The monoisotopic (exact) mass is 268 g/mol. The van der Waals surface area contributed by atoms with E-state index in [0.717, 1.165) is 16.5 Å². The molecule has 1 aromatic carbocycles. The molecule has 0 saturated heterocycles. The molecule has 3 N–H and O–H groups in total. The van der Waals surface area contributed by atoms with Gasteiger partial charge in [-0.15, -0.1) is 0 Å². The first-order valence-corrected chi connectivity index (χ1v) is 6.20. The van der Waals surface area contributed by atoms with Crippen molar-refractivity contribution in [1.29, 1.82) is 0 Å². The number of nitrogens with two attached hydrogens (primary N) is 1. The molecule has 0 spiro atoms. The van der Waals surface area contributed by atoms with Gasteiger partial charge in [-0.3, -0.25) is 15.8 Å². The maximum atomic E-state index is 13.8. The lowest BCUT2D eigenvalue weighted by Crippen LogP contribution is -2.29. The number of nitrogens with zero attached hydrogens (tertiary/aromatic N) is 2. The number of fused-ring (bicyclic) bond motifs is 1. The van der Waals surface area contributed by atoms with Crippen LogP contribution in [0.25, 0.3) is 10.9 Å². The van der Waals surface area contributed by atoms with E-state index < -0.39 is 11.9 Å². The van der Waals surface area contributed by atoms with Crippen LogP contribution >= 0.6 is 0 Å². The van der Waals surface area contributed by atoms with E-state index in [1.807, 2.05) is 30.3 Å². The summed E-state index contributed by atoms with van der Waals surface area (Å²) in [6.07, 6.45) is 4.41. The summed E-state index contributed by atoms with van der Waals surface area (Å²) < 4.78 is 13.8. The first-order valence-electron chi connectivity index (χ1n) is 6.20. The number of benzene rings is 1. The van der Waals surface area contributed by atoms with Crippen LogP contribution in [-0.2, 0) is 0 Å². The lowest BCUT2D eigenvalue weighted by atomic mass is 10.00. The van der Waals surface area contributed by atoms with Gasteiger partial charge in [0.2, 0.25) is 0 Å². The standard InChI is InChI=1S/C15H13FN4/c16-13-9-18-6-5-12(13)15(20-17)11-7-10-3-1-2-4-14(10)19-8-11/h1-9,15,20H,17H2. The van der Waals surface area contributed by atoms with Crippen LogP contribution in [0, 0.1) is 5.82 Å². The quantitative estimate of drug-likeness (QED) is 0.565. The molecule has 100 valence electrons. The summed E-state index contributed by atoms with van der Waals surface area (Å²) in [6, 6.07) is 10.8. The Hall–Kier alpha value is -2.37. The number of halogens is 1. The number of hydrogen-bond donors (Lipinski definition) is 2. The maximum absolute atomic E-state index is 13.8. The Kier molecular flexibility index (Phi) is 3.37. The Morgan fingerprint density at radius 2 is 2.00 bits per heavy atom. The van der Waals surface area contributed by atoms with Gasteiger partial charge in [-0.25, -0.2) is 9.82 Å². The van der Waals surface area contributed by atoms with E-state index in [1.165, 1.54) is 12.4 Å². The van der Waals surface area contributed by atoms with Gasteiger partial charge in [0.1, 0.15) is 5.82 Å². The summed E-state index contributed by atoms with van der Waals surface area (Å²) in [5.74, 6) is 5.19. The number of para-hydroxylation sites is 1. The minimum atomic E-state index is -0.463. The molecule has 4 nitrogen and oxygen atoms in total. The molecule has 0 fully saturated rings. The van der Waals surface area contributed by atoms with Crippen molar-refractivity contribution in [2.45, 2.75) is 6.04 Å². The summed E-state index contributed by atoms with van der Waals surface area (Å²) in [5.41, 5.74) is 4.77. The largest absolute Gasteiger partial charge is 0.271 e. The molecule has 1 atom stereocenters. The highest BCUT2D eigenvalue weighted by Gasteiger charge is 2.17. The highest BCUT2D eigenvalue weighted by atomic mass is 19.1. The number of aromatic nitrogens is 2. The van der Waals surface area contributed by atoms with Crippen LogP contribution in [0.5, 0.6) is 0 Å². The Labute approximate surface area is 115 Å². The zero-order chi connectivity index (χ0) is 13.9. The van der Waals surface area contributed by atoms with E-state index in [2.05, 4.69) is 15.4 Å². The van der Waals surface area contributed by atoms with Crippen LogP contribution < -0.4 is 11.3 Å². The molecule has 0 radical (unpaired) electrons. The van der Waals surface area contributed by atoms with Crippen molar-refractivity contribution < 1.29 is 4.39 Å². The second kappa shape index (κ2) is 5.32. The summed E-state index contributed by atoms with van der Waals surface area (Å²) in [5, 5.41) is 0.986. The van der Waals surface area contributed by atoms with Gasteiger partial charge in [0.25, 0.3) is 0 Å². The maximum Gasteiger partial charge on any atom is 0.146 e. The van der Waals surface area contributed by atoms with Crippen molar-refractivity contribution in [3.05, 3.63) is 71.9 Å². The molecule has 1 unspecified atom stereocenters. The number of nitrogens with one attached hydrogen (secondary N) is 1. The van der Waals surface area contributed by atoms with E-state index in [-0.39, 0.29) is 0 Å². The normalized spacial score (nSPS) is 12.5. The van der Waals surface area contributed by atoms with Gasteiger partial charge >= 0.3 is 0 Å². The SMILES string of the molecule is NNC(c1cnc2ccccc2c1)c1ccncc1F. The Morgan fingerprint density at radius 1 is 1.15 bits per heavy atom. The molecule has 2 aromatic heterocycles. The zero-order valence-corrected chi connectivity index (χ0v) is 10.6. The molecule has 20 heavy (non-hydrogen) atoms. The van der Waals surface area contributed by atoms with Crippen LogP contribution in [0.4, 0.5) is 4.39 Å². The second-order valence-electron chi connectivity index (χ2n) is 4.46. The predicted molar refractivity (Wildman–Crippen MR) is 75.1 cm³/mol. The van der Waals surface area contributed by atoms with Gasteiger partial charge in [-0.2, -0.15) is 0 Å². The van der Waals surface area contributed by atoms with Gasteiger partial charge in [-0.1, -0.05) is 18.2 Å². The lowest BCUT2D eigenvalue weighted by Gasteiger charge is -2.17. The molecular formula is C15H13FN4. The van der Waals surface area contributed by atoms with Crippen molar-refractivity contribution in [3.8, 4) is 0 Å². The lowest BCUT2D eigenvalue weighted by molar-refractivity contribution is 0.555. The first-order chi connectivity index (χ1) is 9.79. The average molecular weight is 268 g/mol. The van der Waals surface area contributed by atoms with Crippen molar-refractivity contribution >= 4 is 10.9 Å². The first kappa shape index (κ1) is 12.7. The molecule has 5 heteroatoms. The Bertz CT molecular complexity index is 745. The number of hydrazine groups is 1. The summed E-state index contributed by atoms with van der Waals surface area (Å²) in [4.78, 5) is 8.12. The smallest absolute Gasteiger partial charge is 0.146 e. The minimum Gasteiger partial charge on any atom is -0.271 e. The van der Waals surface area contributed by atoms with Gasteiger partial charge in [0.05, 0.1) is 17.8 Å². The van der Waals surface area contributed by atoms with Crippen LogP contribution in [-0.4, -0.2) is 9.97 Å². The summed E-state index contributed by atoms with van der Waals surface area (Å²) in [6.45, 7) is 0. The fraction of sp³-hybridized carbons (Fsp3) is 0.0667. The van der Waals surface area contributed by atoms with Crippen molar-refractivity contribution in [2.75, 3.05) is 0 Å². The Balaban J connectivity index is 2.10. The van der Waals surface area contributed by atoms with Crippen molar-refractivity contribution in [1.82, 2.24) is 15.4 Å². The van der Waals surface area contributed by atoms with Crippen LogP contribution in [0.15, 0.2) is 55.0 Å². The zero-order valence-electron chi connectivity index (χ0n) is 10.6. The van der Waals surface area contributed by atoms with Crippen molar-refractivity contribution in [2.24, 2.45) is 5.84 Å².